The number of rotatable bonds is 5. The minimum Gasteiger partial charge on any atom is -0.481 e. The van der Waals surface area contributed by atoms with Gasteiger partial charge >= 0.3 is 12.0 Å². The van der Waals surface area contributed by atoms with Crippen LogP contribution in [-0.2, 0) is 11.3 Å². The van der Waals surface area contributed by atoms with E-state index in [1.54, 1.807) is 4.90 Å². The zero-order valence-corrected chi connectivity index (χ0v) is 14.5. The highest BCUT2D eigenvalue weighted by Gasteiger charge is 2.27. The molecular weight excluding hydrogens is 318 g/mol. The Morgan fingerprint density at radius 1 is 1.24 bits per heavy atom. The highest BCUT2D eigenvalue weighted by atomic mass is 16.4. The number of aliphatic carboxylic acids is 1. The largest absolute Gasteiger partial charge is 0.481 e. The summed E-state index contributed by atoms with van der Waals surface area (Å²) in [5.41, 5.74) is 2.17. The van der Waals surface area contributed by atoms with Gasteiger partial charge in [0.2, 0.25) is 0 Å². The van der Waals surface area contributed by atoms with Gasteiger partial charge in [0, 0.05) is 36.2 Å². The number of aromatic amines is 1. The predicted octanol–water partition coefficient (Wildman–Crippen LogP) is 3.34. The monoisotopic (exact) mass is 343 g/mol. The lowest BCUT2D eigenvalue weighted by molar-refractivity contribution is -0.142. The van der Waals surface area contributed by atoms with Gasteiger partial charge in [-0.3, -0.25) is 4.79 Å². The van der Waals surface area contributed by atoms with Crippen molar-refractivity contribution in [3.8, 4) is 0 Å². The summed E-state index contributed by atoms with van der Waals surface area (Å²) in [6, 6.07) is 8.06. The van der Waals surface area contributed by atoms with Gasteiger partial charge in [-0.2, -0.15) is 0 Å². The van der Waals surface area contributed by atoms with E-state index in [9.17, 15) is 9.59 Å². The summed E-state index contributed by atoms with van der Waals surface area (Å²) in [6.07, 6.45) is 4.68. The summed E-state index contributed by atoms with van der Waals surface area (Å²) in [4.78, 5) is 28.7. The van der Waals surface area contributed by atoms with Crippen molar-refractivity contribution in [2.75, 3.05) is 6.54 Å². The molecule has 25 heavy (non-hydrogen) atoms. The molecule has 134 valence electrons. The van der Waals surface area contributed by atoms with Crippen LogP contribution >= 0.6 is 0 Å². The SMILES string of the molecule is CCN(Cc1c[nH]c2ccccc12)C(=O)NC1CCC(C(=O)O)CC1. The fourth-order valence-electron chi connectivity index (χ4n) is 3.55. The van der Waals surface area contributed by atoms with Crippen LogP contribution in [0.15, 0.2) is 30.5 Å². The normalized spacial score (nSPS) is 20.4. The molecule has 1 fully saturated rings. The van der Waals surface area contributed by atoms with E-state index < -0.39 is 5.97 Å². The maximum atomic E-state index is 12.6. The second kappa shape index (κ2) is 7.59. The fraction of sp³-hybridized carbons (Fsp3) is 0.474. The van der Waals surface area contributed by atoms with Gasteiger partial charge in [-0.25, -0.2) is 4.79 Å². The van der Waals surface area contributed by atoms with Crippen molar-refractivity contribution in [1.82, 2.24) is 15.2 Å². The number of carbonyl (C=O) groups is 2. The van der Waals surface area contributed by atoms with E-state index in [0.29, 0.717) is 25.9 Å². The number of nitrogens with zero attached hydrogens (tertiary/aromatic N) is 1. The van der Waals surface area contributed by atoms with Gasteiger partial charge in [-0.1, -0.05) is 18.2 Å². The number of hydrogen-bond donors (Lipinski definition) is 3. The van der Waals surface area contributed by atoms with Gasteiger partial charge in [0.1, 0.15) is 0 Å². The first-order valence-corrected chi connectivity index (χ1v) is 8.91. The topological polar surface area (TPSA) is 85.4 Å². The van der Waals surface area contributed by atoms with Crippen molar-refractivity contribution < 1.29 is 14.7 Å². The van der Waals surface area contributed by atoms with Crippen LogP contribution in [0.1, 0.15) is 38.2 Å². The molecule has 0 saturated heterocycles. The van der Waals surface area contributed by atoms with Crippen molar-refractivity contribution in [2.45, 2.75) is 45.2 Å². The van der Waals surface area contributed by atoms with E-state index >= 15 is 0 Å². The first-order valence-electron chi connectivity index (χ1n) is 8.91. The van der Waals surface area contributed by atoms with Gasteiger partial charge in [-0.05, 0) is 44.2 Å². The first-order chi connectivity index (χ1) is 12.1. The highest BCUT2D eigenvalue weighted by molar-refractivity contribution is 5.83. The third-order valence-electron chi connectivity index (χ3n) is 5.11. The molecule has 6 heteroatoms. The third kappa shape index (κ3) is 3.95. The number of H-pyrrole nitrogens is 1. The highest BCUT2D eigenvalue weighted by Crippen LogP contribution is 2.25. The number of para-hydroxylation sites is 1. The Labute approximate surface area is 147 Å². The van der Waals surface area contributed by atoms with Crippen molar-refractivity contribution in [1.29, 1.82) is 0 Å². The number of hydrogen-bond acceptors (Lipinski definition) is 2. The molecule has 2 amide bonds. The fourth-order valence-corrected chi connectivity index (χ4v) is 3.55. The zero-order chi connectivity index (χ0) is 17.8. The minimum atomic E-state index is -0.723. The number of carboxylic acids is 1. The van der Waals surface area contributed by atoms with E-state index in [2.05, 4.69) is 16.4 Å². The maximum absolute atomic E-state index is 12.6. The third-order valence-corrected chi connectivity index (χ3v) is 5.11. The Morgan fingerprint density at radius 3 is 2.64 bits per heavy atom. The van der Waals surface area contributed by atoms with Gasteiger partial charge in [0.05, 0.1) is 5.92 Å². The molecule has 2 aromatic rings. The van der Waals surface area contributed by atoms with Crippen molar-refractivity contribution in [3.63, 3.8) is 0 Å². The molecule has 1 heterocycles. The number of fused-ring (bicyclic) bond motifs is 1. The van der Waals surface area contributed by atoms with Crippen LogP contribution in [0.3, 0.4) is 0 Å². The van der Waals surface area contributed by atoms with Gasteiger partial charge in [0.25, 0.3) is 0 Å². The van der Waals surface area contributed by atoms with Crippen LogP contribution in [0.4, 0.5) is 4.79 Å². The standard InChI is InChI=1S/C19H25N3O3/c1-2-22(12-14-11-20-17-6-4-3-5-16(14)17)19(25)21-15-9-7-13(8-10-15)18(23)24/h3-6,11,13,15,20H,2,7-10,12H2,1H3,(H,21,25)(H,23,24). The Bertz CT molecular complexity index is 747. The van der Waals surface area contributed by atoms with Gasteiger partial charge < -0.3 is 20.3 Å². The summed E-state index contributed by atoms with van der Waals surface area (Å²) in [5.74, 6) is -0.985. The maximum Gasteiger partial charge on any atom is 0.317 e. The summed E-state index contributed by atoms with van der Waals surface area (Å²) in [5, 5.41) is 13.3. The Hall–Kier alpha value is -2.50. The van der Waals surface area contributed by atoms with Crippen LogP contribution < -0.4 is 5.32 Å². The predicted molar refractivity (Wildman–Crippen MR) is 96.3 cm³/mol. The number of amides is 2. The second-order valence-electron chi connectivity index (χ2n) is 6.71. The molecule has 1 aliphatic rings. The summed E-state index contributed by atoms with van der Waals surface area (Å²) >= 11 is 0. The lowest BCUT2D eigenvalue weighted by Gasteiger charge is -2.29. The number of nitrogens with one attached hydrogen (secondary N) is 2. The minimum absolute atomic E-state index is 0.0696. The smallest absolute Gasteiger partial charge is 0.317 e. The summed E-state index contributed by atoms with van der Waals surface area (Å²) < 4.78 is 0. The second-order valence-corrected chi connectivity index (χ2v) is 6.71. The molecule has 1 saturated carbocycles. The van der Waals surface area contributed by atoms with Crippen LogP contribution in [0.25, 0.3) is 10.9 Å². The van der Waals surface area contributed by atoms with Gasteiger partial charge in [0.15, 0.2) is 0 Å². The van der Waals surface area contributed by atoms with E-state index in [4.69, 9.17) is 5.11 Å². The molecule has 0 atom stereocenters. The van der Waals surface area contributed by atoms with Crippen molar-refractivity contribution >= 4 is 22.9 Å². The van der Waals surface area contributed by atoms with E-state index in [-0.39, 0.29) is 18.0 Å². The van der Waals surface area contributed by atoms with Crippen LogP contribution in [0.2, 0.25) is 0 Å². The molecule has 0 unspecified atom stereocenters. The molecule has 0 aliphatic heterocycles. The van der Waals surface area contributed by atoms with Crippen LogP contribution in [0, 0.1) is 5.92 Å². The average molecular weight is 343 g/mol. The molecule has 0 bridgehead atoms. The molecule has 3 N–H and O–H groups in total. The number of carbonyl (C=O) groups excluding carboxylic acids is 1. The zero-order valence-electron chi connectivity index (χ0n) is 14.5. The molecule has 0 spiro atoms. The lowest BCUT2D eigenvalue weighted by Crippen LogP contribution is -2.46. The molecule has 1 aliphatic carbocycles. The number of benzene rings is 1. The number of aromatic nitrogens is 1. The Morgan fingerprint density at radius 2 is 1.96 bits per heavy atom. The van der Waals surface area contributed by atoms with Crippen LogP contribution in [-0.4, -0.2) is 39.6 Å². The van der Waals surface area contributed by atoms with Gasteiger partial charge in [-0.15, -0.1) is 0 Å². The molecule has 1 aromatic carbocycles. The summed E-state index contributed by atoms with van der Waals surface area (Å²) in [7, 11) is 0. The lowest BCUT2D eigenvalue weighted by atomic mass is 9.86. The molecular formula is C19H25N3O3. The van der Waals surface area contributed by atoms with Crippen molar-refractivity contribution in [3.05, 3.63) is 36.0 Å². The number of urea groups is 1. The molecule has 6 nitrogen and oxygen atoms in total. The van der Waals surface area contributed by atoms with E-state index in [1.807, 2.05) is 31.3 Å². The Kier molecular flexibility index (Phi) is 5.26. The van der Waals surface area contributed by atoms with E-state index in [0.717, 1.165) is 29.3 Å². The molecule has 3 rings (SSSR count). The van der Waals surface area contributed by atoms with Crippen LogP contribution in [0.5, 0.6) is 0 Å². The quantitative estimate of drug-likeness (QED) is 0.778. The van der Waals surface area contributed by atoms with E-state index in [1.165, 1.54) is 0 Å². The Balaban J connectivity index is 1.59. The summed E-state index contributed by atoms with van der Waals surface area (Å²) in [6.45, 7) is 3.14. The average Bonchev–Trinajstić information content (AvgIpc) is 3.03. The number of carboxylic acid groups (broad SMARTS) is 1. The molecule has 0 radical (unpaired) electrons. The van der Waals surface area contributed by atoms with Crippen molar-refractivity contribution in [2.24, 2.45) is 5.92 Å². The first kappa shape index (κ1) is 17.3. The molecule has 1 aromatic heterocycles.